The zero-order chi connectivity index (χ0) is 15.7. The maximum atomic E-state index is 12.3. The molecule has 0 aromatic rings. The van der Waals surface area contributed by atoms with Crippen LogP contribution in [0.2, 0.25) is 0 Å². The molecule has 0 aromatic heterocycles. The zero-order valence-corrected chi connectivity index (χ0v) is 13.2. The predicted octanol–water partition coefficient (Wildman–Crippen LogP) is 1.69. The first-order chi connectivity index (χ1) is 9.08. The fourth-order valence-corrected chi connectivity index (χ4v) is 2.67. The van der Waals surface area contributed by atoms with Crippen LogP contribution >= 0.6 is 0 Å². The van der Waals surface area contributed by atoms with E-state index >= 15 is 0 Å². The lowest BCUT2D eigenvalue weighted by Gasteiger charge is -2.51. The lowest BCUT2D eigenvalue weighted by molar-refractivity contribution is -0.147. The number of hydrogen-bond acceptors (Lipinski definition) is 3. The maximum Gasteiger partial charge on any atom is 0.329 e. The Balaban J connectivity index is 2.74. The van der Waals surface area contributed by atoms with Crippen molar-refractivity contribution < 1.29 is 19.4 Å². The van der Waals surface area contributed by atoms with E-state index in [0.717, 1.165) is 6.42 Å². The summed E-state index contributed by atoms with van der Waals surface area (Å²) in [5, 5.41) is 12.2. The average Bonchev–Trinajstić information content (AvgIpc) is 2.34. The number of carboxylic acid groups (broad SMARTS) is 1. The highest BCUT2D eigenvalue weighted by Gasteiger charge is 2.50. The Bertz CT molecular complexity index is 393. The normalized spacial score (nSPS) is 24.7. The number of urea groups is 1. The van der Waals surface area contributed by atoms with Crippen LogP contribution in [0.5, 0.6) is 0 Å². The first-order valence-corrected chi connectivity index (χ1v) is 6.93. The summed E-state index contributed by atoms with van der Waals surface area (Å²) in [6, 6.07) is -0.342. The number of rotatable bonds is 5. The summed E-state index contributed by atoms with van der Waals surface area (Å²) in [4.78, 5) is 24.9. The molecule has 0 aliphatic heterocycles. The number of methoxy groups -OCH3 is 1. The van der Waals surface area contributed by atoms with Gasteiger partial charge in [0.15, 0.2) is 0 Å². The predicted molar refractivity (Wildman–Crippen MR) is 75.6 cm³/mol. The third-order valence-electron chi connectivity index (χ3n) is 4.52. The van der Waals surface area contributed by atoms with Crippen LogP contribution in [0.1, 0.15) is 41.0 Å². The molecule has 6 heteroatoms. The molecule has 1 saturated carbocycles. The van der Waals surface area contributed by atoms with Gasteiger partial charge in [0.05, 0.1) is 6.10 Å². The van der Waals surface area contributed by atoms with E-state index in [-0.39, 0.29) is 23.6 Å². The number of hydrogen-bond donors (Lipinski definition) is 2. The number of aliphatic carboxylic acids is 1. The van der Waals surface area contributed by atoms with E-state index in [9.17, 15) is 14.7 Å². The number of amides is 2. The van der Waals surface area contributed by atoms with E-state index in [0.29, 0.717) is 6.54 Å². The highest BCUT2D eigenvalue weighted by Crippen LogP contribution is 2.42. The van der Waals surface area contributed by atoms with Crippen molar-refractivity contribution in [2.24, 2.45) is 5.41 Å². The third-order valence-corrected chi connectivity index (χ3v) is 4.52. The average molecular weight is 286 g/mol. The van der Waals surface area contributed by atoms with Gasteiger partial charge in [0.2, 0.25) is 0 Å². The number of nitrogens with one attached hydrogen (secondary N) is 1. The molecule has 0 heterocycles. The van der Waals surface area contributed by atoms with Gasteiger partial charge in [0.25, 0.3) is 0 Å². The molecule has 0 bridgehead atoms. The van der Waals surface area contributed by atoms with Crippen molar-refractivity contribution in [2.75, 3.05) is 13.7 Å². The summed E-state index contributed by atoms with van der Waals surface area (Å²) in [6.45, 7) is 9.24. The lowest BCUT2D eigenvalue weighted by Crippen LogP contribution is -2.65. The van der Waals surface area contributed by atoms with Crippen molar-refractivity contribution in [3.63, 3.8) is 0 Å². The van der Waals surface area contributed by atoms with Crippen molar-refractivity contribution >= 4 is 12.0 Å². The van der Waals surface area contributed by atoms with Crippen LogP contribution in [0.4, 0.5) is 4.79 Å². The van der Waals surface area contributed by atoms with Crippen molar-refractivity contribution in [1.82, 2.24) is 10.2 Å². The van der Waals surface area contributed by atoms with Crippen molar-refractivity contribution in [1.29, 1.82) is 0 Å². The van der Waals surface area contributed by atoms with E-state index in [1.807, 2.05) is 13.8 Å². The molecule has 0 spiro atoms. The number of carbonyl (C=O) groups excluding carboxylic acids is 1. The largest absolute Gasteiger partial charge is 0.480 e. The van der Waals surface area contributed by atoms with Crippen LogP contribution in [0.25, 0.3) is 0 Å². The highest BCUT2D eigenvalue weighted by molar-refractivity contribution is 5.85. The Morgan fingerprint density at radius 3 is 2.35 bits per heavy atom. The summed E-state index contributed by atoms with van der Waals surface area (Å²) in [5.74, 6) is -1.02. The van der Waals surface area contributed by atoms with Gasteiger partial charge < -0.3 is 20.1 Å². The maximum absolute atomic E-state index is 12.3. The Morgan fingerprint density at radius 2 is 2.00 bits per heavy atom. The summed E-state index contributed by atoms with van der Waals surface area (Å²) in [5.41, 5.74) is -1.37. The molecule has 2 unspecified atom stereocenters. The molecule has 1 aliphatic carbocycles. The Morgan fingerprint density at radius 1 is 1.45 bits per heavy atom. The lowest BCUT2D eigenvalue weighted by atomic mass is 9.64. The van der Waals surface area contributed by atoms with Crippen LogP contribution in [-0.2, 0) is 9.53 Å². The first-order valence-electron chi connectivity index (χ1n) is 6.93. The summed E-state index contributed by atoms with van der Waals surface area (Å²) in [7, 11) is 1.66. The van der Waals surface area contributed by atoms with Gasteiger partial charge >= 0.3 is 12.0 Å². The number of nitrogens with zero attached hydrogens (tertiary/aromatic N) is 1. The molecular weight excluding hydrogens is 260 g/mol. The molecule has 1 fully saturated rings. The van der Waals surface area contributed by atoms with Crippen LogP contribution in [0.15, 0.2) is 0 Å². The van der Waals surface area contributed by atoms with Gasteiger partial charge in [-0.1, -0.05) is 13.8 Å². The summed E-state index contributed by atoms with van der Waals surface area (Å²) < 4.78 is 5.35. The van der Waals surface area contributed by atoms with E-state index in [4.69, 9.17) is 4.74 Å². The third kappa shape index (κ3) is 2.75. The molecule has 6 nitrogen and oxygen atoms in total. The van der Waals surface area contributed by atoms with Gasteiger partial charge in [0, 0.05) is 25.1 Å². The minimum absolute atomic E-state index is 0.00130. The minimum Gasteiger partial charge on any atom is -0.480 e. The molecule has 2 atom stereocenters. The second kappa shape index (κ2) is 5.60. The number of carbonyl (C=O) groups is 2. The van der Waals surface area contributed by atoms with Crippen LogP contribution in [0, 0.1) is 5.41 Å². The summed E-state index contributed by atoms with van der Waals surface area (Å²) in [6.07, 6.45) is 0.871. The molecule has 2 N–H and O–H groups in total. The quantitative estimate of drug-likeness (QED) is 0.806. The molecule has 0 saturated heterocycles. The molecule has 0 aromatic carbocycles. The molecular formula is C14H26N2O4. The van der Waals surface area contributed by atoms with E-state index in [1.54, 1.807) is 14.0 Å². The monoisotopic (exact) mass is 286 g/mol. The second-order valence-electron chi connectivity index (χ2n) is 6.39. The van der Waals surface area contributed by atoms with Crippen molar-refractivity contribution in [3.05, 3.63) is 0 Å². The molecule has 20 heavy (non-hydrogen) atoms. The fourth-order valence-electron chi connectivity index (χ4n) is 2.67. The van der Waals surface area contributed by atoms with Gasteiger partial charge in [-0.05, 0) is 27.2 Å². The van der Waals surface area contributed by atoms with E-state index in [2.05, 4.69) is 5.32 Å². The van der Waals surface area contributed by atoms with Gasteiger partial charge in [-0.15, -0.1) is 0 Å². The van der Waals surface area contributed by atoms with E-state index < -0.39 is 11.5 Å². The number of ether oxygens (including phenoxy) is 1. The highest BCUT2D eigenvalue weighted by atomic mass is 16.5. The van der Waals surface area contributed by atoms with E-state index in [1.165, 1.54) is 18.7 Å². The minimum atomic E-state index is -1.23. The summed E-state index contributed by atoms with van der Waals surface area (Å²) >= 11 is 0. The van der Waals surface area contributed by atoms with Crippen molar-refractivity contribution in [3.8, 4) is 0 Å². The second-order valence-corrected chi connectivity index (χ2v) is 6.39. The Kier molecular flexibility index (Phi) is 4.69. The first kappa shape index (κ1) is 16.8. The van der Waals surface area contributed by atoms with Gasteiger partial charge in [-0.2, -0.15) is 0 Å². The zero-order valence-electron chi connectivity index (χ0n) is 13.2. The Hall–Kier alpha value is -1.30. The van der Waals surface area contributed by atoms with Crippen LogP contribution < -0.4 is 5.32 Å². The van der Waals surface area contributed by atoms with Gasteiger partial charge in [-0.3, -0.25) is 0 Å². The SMILES string of the molecule is CCN(C(=O)NC1CC(OC)C1(C)C)C(C)(C)C(=O)O. The van der Waals surface area contributed by atoms with Crippen LogP contribution in [0.3, 0.4) is 0 Å². The fraction of sp³-hybridized carbons (Fsp3) is 0.857. The molecule has 2 amide bonds. The smallest absolute Gasteiger partial charge is 0.329 e. The molecule has 0 radical (unpaired) electrons. The van der Waals surface area contributed by atoms with Gasteiger partial charge in [0.1, 0.15) is 5.54 Å². The topological polar surface area (TPSA) is 78.9 Å². The number of carboxylic acids is 1. The Labute approximate surface area is 120 Å². The van der Waals surface area contributed by atoms with Crippen molar-refractivity contribution in [2.45, 2.75) is 58.7 Å². The number of likely N-dealkylation sites (N-methyl/N-ethyl adjacent to an activating group) is 1. The van der Waals surface area contributed by atoms with Gasteiger partial charge in [-0.25, -0.2) is 9.59 Å². The molecule has 1 aliphatic rings. The molecule has 116 valence electrons. The van der Waals surface area contributed by atoms with Crippen LogP contribution in [-0.4, -0.2) is 53.3 Å². The standard InChI is InChI=1S/C14H26N2O4/c1-7-16(14(4,5)11(17)18)12(19)15-9-8-10(20-6)13(9,2)3/h9-10H,7-8H2,1-6H3,(H,15,19)(H,17,18). The molecule has 1 rings (SSSR count).